The molecule has 0 bridgehead atoms. The second kappa shape index (κ2) is 15.5. The van der Waals surface area contributed by atoms with Gasteiger partial charge in [0.1, 0.15) is 0 Å². The Kier molecular flexibility index (Phi) is 14.6. The molecule has 0 spiro atoms. The largest absolute Gasteiger partial charge is 0.336 e. The normalized spacial score (nSPS) is 10.6. The molecule has 158 valence electrons. The van der Waals surface area contributed by atoms with Crippen molar-refractivity contribution in [3.63, 3.8) is 0 Å². The molecule has 1 aromatic heterocycles. The molecular formula is C21H41N3O3. The molecule has 1 heterocycles. The van der Waals surface area contributed by atoms with Gasteiger partial charge in [0.25, 0.3) is 0 Å². The van der Waals surface area contributed by atoms with Gasteiger partial charge in [-0.1, -0.05) is 79.1 Å². The van der Waals surface area contributed by atoms with Crippen LogP contribution in [0.2, 0.25) is 0 Å². The highest BCUT2D eigenvalue weighted by Crippen LogP contribution is 2.03. The summed E-state index contributed by atoms with van der Waals surface area (Å²) < 4.78 is 3.66. The molecule has 0 saturated carbocycles. The molecular weight excluding hydrogens is 342 g/mol. The van der Waals surface area contributed by atoms with E-state index in [1.165, 1.54) is 26.5 Å². The van der Waals surface area contributed by atoms with Crippen molar-refractivity contribution in [2.24, 2.45) is 0 Å². The lowest BCUT2D eigenvalue weighted by Gasteiger charge is -2.13. The van der Waals surface area contributed by atoms with E-state index in [1.54, 1.807) is 6.92 Å². The Labute approximate surface area is 164 Å². The van der Waals surface area contributed by atoms with Crippen molar-refractivity contribution in [3.05, 3.63) is 31.5 Å². The van der Waals surface area contributed by atoms with Gasteiger partial charge in [0, 0.05) is 19.6 Å². The van der Waals surface area contributed by atoms with Gasteiger partial charge in [-0.2, -0.15) is 0 Å². The molecule has 1 aromatic rings. The van der Waals surface area contributed by atoms with E-state index in [0.717, 1.165) is 51.4 Å². The Morgan fingerprint density at radius 1 is 0.519 bits per heavy atom. The summed E-state index contributed by atoms with van der Waals surface area (Å²) in [4.78, 5) is 37.4. The van der Waals surface area contributed by atoms with Crippen molar-refractivity contribution in [1.82, 2.24) is 13.7 Å². The smallest absolute Gasteiger partial charge is 0.247 e. The van der Waals surface area contributed by atoms with Crippen LogP contribution in [0.25, 0.3) is 0 Å². The molecule has 1 rings (SSSR count). The lowest BCUT2D eigenvalue weighted by atomic mass is 10.1. The number of unbranched alkanes of at least 4 members (excludes halogenated alkanes) is 7. The first kappa shape index (κ1) is 25.4. The SMILES string of the molecule is CCC.CCCCCCCn1c(=O)n(CC)c(=O)n(CCCCCC)c1=O. The number of hydrogen-bond donors (Lipinski definition) is 0. The minimum Gasteiger partial charge on any atom is -0.247 e. The van der Waals surface area contributed by atoms with E-state index < -0.39 is 17.1 Å². The number of aromatic nitrogens is 3. The fourth-order valence-corrected chi connectivity index (χ4v) is 2.91. The lowest BCUT2D eigenvalue weighted by molar-refractivity contribution is 0.427. The summed E-state index contributed by atoms with van der Waals surface area (Å²) in [6.07, 6.45) is 10.5. The van der Waals surface area contributed by atoms with Crippen molar-refractivity contribution in [2.45, 2.75) is 118 Å². The summed E-state index contributed by atoms with van der Waals surface area (Å²) in [6.45, 7) is 11.4. The zero-order valence-corrected chi connectivity index (χ0v) is 18.3. The maximum absolute atomic E-state index is 12.6. The van der Waals surface area contributed by atoms with E-state index in [2.05, 4.69) is 27.7 Å². The molecule has 0 aliphatic heterocycles. The van der Waals surface area contributed by atoms with Gasteiger partial charge in [-0.05, 0) is 19.8 Å². The summed E-state index contributed by atoms with van der Waals surface area (Å²) in [5.74, 6) is 0. The topological polar surface area (TPSA) is 66.0 Å². The van der Waals surface area contributed by atoms with Gasteiger partial charge >= 0.3 is 17.1 Å². The molecule has 0 radical (unpaired) electrons. The molecule has 0 fully saturated rings. The highest BCUT2D eigenvalue weighted by atomic mass is 16.2. The Balaban J connectivity index is 0.00000210. The van der Waals surface area contributed by atoms with Crippen LogP contribution < -0.4 is 17.1 Å². The predicted octanol–water partition coefficient (Wildman–Crippen LogP) is 4.16. The quantitative estimate of drug-likeness (QED) is 0.509. The van der Waals surface area contributed by atoms with Crippen LogP contribution in [0.1, 0.15) is 98.8 Å². The minimum absolute atomic E-state index is 0.294. The Morgan fingerprint density at radius 3 is 1.22 bits per heavy atom. The van der Waals surface area contributed by atoms with Crippen LogP contribution in [-0.4, -0.2) is 13.7 Å². The van der Waals surface area contributed by atoms with E-state index in [0.29, 0.717) is 19.6 Å². The van der Waals surface area contributed by atoms with Gasteiger partial charge in [0.05, 0.1) is 0 Å². The molecule has 27 heavy (non-hydrogen) atoms. The van der Waals surface area contributed by atoms with Crippen LogP contribution in [0, 0.1) is 0 Å². The fraction of sp³-hybridized carbons (Fsp3) is 0.857. The highest BCUT2D eigenvalue weighted by Gasteiger charge is 2.13. The summed E-state index contributed by atoms with van der Waals surface area (Å²) in [5.41, 5.74) is -1.37. The monoisotopic (exact) mass is 383 g/mol. The summed E-state index contributed by atoms with van der Waals surface area (Å²) in [5, 5.41) is 0. The first-order chi connectivity index (χ1) is 13.0. The second-order valence-electron chi connectivity index (χ2n) is 7.08. The van der Waals surface area contributed by atoms with Gasteiger partial charge in [-0.25, -0.2) is 28.1 Å². The predicted molar refractivity (Wildman–Crippen MR) is 114 cm³/mol. The van der Waals surface area contributed by atoms with Gasteiger partial charge in [0.2, 0.25) is 0 Å². The fourth-order valence-electron chi connectivity index (χ4n) is 2.91. The number of rotatable bonds is 12. The molecule has 6 heteroatoms. The van der Waals surface area contributed by atoms with Gasteiger partial charge in [0.15, 0.2) is 0 Å². The summed E-state index contributed by atoms with van der Waals surface area (Å²) >= 11 is 0. The molecule has 0 N–H and O–H groups in total. The molecule has 0 aliphatic carbocycles. The first-order valence-corrected chi connectivity index (χ1v) is 10.9. The highest BCUT2D eigenvalue weighted by molar-refractivity contribution is 4.79. The standard InChI is InChI=1S/C18H33N3O3.C3H8/c1-4-7-9-11-13-15-21-17(23)19(6-3)16(22)20(18(21)24)14-12-10-8-5-2;1-3-2/h4-15H2,1-3H3;3H2,1-2H3. The van der Waals surface area contributed by atoms with Crippen molar-refractivity contribution >= 4 is 0 Å². The van der Waals surface area contributed by atoms with E-state index in [-0.39, 0.29) is 0 Å². The van der Waals surface area contributed by atoms with Crippen molar-refractivity contribution in [2.75, 3.05) is 0 Å². The average molecular weight is 384 g/mol. The van der Waals surface area contributed by atoms with Crippen LogP contribution in [0.3, 0.4) is 0 Å². The van der Waals surface area contributed by atoms with Crippen molar-refractivity contribution in [3.8, 4) is 0 Å². The number of hydrogen-bond acceptors (Lipinski definition) is 3. The van der Waals surface area contributed by atoms with E-state index in [1.807, 2.05) is 0 Å². The minimum atomic E-state index is -0.466. The Morgan fingerprint density at radius 2 is 0.852 bits per heavy atom. The Hall–Kier alpha value is -1.59. The van der Waals surface area contributed by atoms with Crippen molar-refractivity contribution < 1.29 is 0 Å². The third-order valence-corrected chi connectivity index (χ3v) is 4.42. The maximum Gasteiger partial charge on any atom is 0.336 e. The molecule has 0 aromatic carbocycles. The molecule has 0 saturated heterocycles. The van der Waals surface area contributed by atoms with Crippen LogP contribution in [0.5, 0.6) is 0 Å². The van der Waals surface area contributed by atoms with Crippen LogP contribution >= 0.6 is 0 Å². The zero-order valence-electron chi connectivity index (χ0n) is 18.3. The van der Waals surface area contributed by atoms with E-state index in [4.69, 9.17) is 0 Å². The first-order valence-electron chi connectivity index (χ1n) is 10.9. The molecule has 0 aliphatic rings. The molecule has 0 amide bonds. The van der Waals surface area contributed by atoms with Crippen LogP contribution in [-0.2, 0) is 19.6 Å². The third-order valence-electron chi connectivity index (χ3n) is 4.42. The Bertz CT molecular complexity index is 671. The lowest BCUT2D eigenvalue weighted by Crippen LogP contribution is -2.54. The van der Waals surface area contributed by atoms with E-state index in [9.17, 15) is 14.4 Å². The van der Waals surface area contributed by atoms with Crippen LogP contribution in [0.15, 0.2) is 14.4 Å². The maximum atomic E-state index is 12.6. The number of nitrogens with zero attached hydrogens (tertiary/aromatic N) is 3. The van der Waals surface area contributed by atoms with E-state index >= 15 is 0 Å². The van der Waals surface area contributed by atoms with Crippen LogP contribution in [0.4, 0.5) is 0 Å². The van der Waals surface area contributed by atoms with Crippen molar-refractivity contribution in [1.29, 1.82) is 0 Å². The molecule has 0 unspecified atom stereocenters. The molecule has 0 atom stereocenters. The summed E-state index contributed by atoms with van der Waals surface area (Å²) in [7, 11) is 0. The third kappa shape index (κ3) is 8.76. The zero-order chi connectivity index (χ0) is 20.7. The van der Waals surface area contributed by atoms with Gasteiger partial charge in [-0.15, -0.1) is 0 Å². The molecule has 6 nitrogen and oxygen atoms in total. The van der Waals surface area contributed by atoms with Gasteiger partial charge in [-0.3, -0.25) is 0 Å². The second-order valence-corrected chi connectivity index (χ2v) is 7.08. The summed E-state index contributed by atoms with van der Waals surface area (Å²) in [6, 6.07) is 0. The van der Waals surface area contributed by atoms with Gasteiger partial charge < -0.3 is 0 Å². The average Bonchev–Trinajstić information content (AvgIpc) is 2.64.